The number of piperidine rings is 1. The highest BCUT2D eigenvalue weighted by Gasteiger charge is 2.25. The number of anilines is 1. The van der Waals surface area contributed by atoms with Crippen LogP contribution in [0.2, 0.25) is 5.02 Å². The smallest absolute Gasteiger partial charge is 0.150 e. The average molecular weight is 303 g/mol. The fourth-order valence-corrected chi connectivity index (χ4v) is 3.06. The minimum atomic E-state index is -0.652. The molecule has 1 saturated heterocycles. The highest BCUT2D eigenvalue weighted by molar-refractivity contribution is 6.33. The number of hydrogen-bond acceptors (Lipinski definition) is 2. The molecule has 1 aromatic carbocycles. The van der Waals surface area contributed by atoms with Gasteiger partial charge in [-0.2, -0.15) is 0 Å². The first kappa shape index (κ1) is 15.5. The zero-order chi connectivity index (χ0) is 14.7. The Balaban J connectivity index is 2.06. The van der Waals surface area contributed by atoms with Crippen LogP contribution in [-0.2, 0) is 0 Å². The number of nitrogens with one attached hydrogen (secondary N) is 1. The Morgan fingerprint density at radius 1 is 1.45 bits per heavy atom. The zero-order valence-corrected chi connectivity index (χ0v) is 12.7. The molecule has 0 spiro atoms. The summed E-state index contributed by atoms with van der Waals surface area (Å²) in [7, 11) is 0. The zero-order valence-electron chi connectivity index (χ0n) is 11.9. The fraction of sp³-hybridized carbons (Fsp3) is 0.600. The molecule has 2 nitrogen and oxygen atoms in total. The number of likely N-dealkylation sites (tertiary alicyclic amines) is 1. The molecule has 2 atom stereocenters. The third kappa shape index (κ3) is 3.61. The van der Waals surface area contributed by atoms with Crippen molar-refractivity contribution in [1.29, 1.82) is 0 Å². The van der Waals surface area contributed by atoms with Gasteiger partial charge >= 0.3 is 0 Å². The van der Waals surface area contributed by atoms with Crippen molar-refractivity contribution in [2.24, 2.45) is 5.92 Å². The van der Waals surface area contributed by atoms with Crippen LogP contribution in [0.5, 0.6) is 0 Å². The highest BCUT2D eigenvalue weighted by Crippen LogP contribution is 2.29. The summed E-state index contributed by atoms with van der Waals surface area (Å²) in [4.78, 5) is 2.40. The second-order valence-electron chi connectivity index (χ2n) is 5.47. The highest BCUT2D eigenvalue weighted by atomic mass is 35.5. The quantitative estimate of drug-likeness (QED) is 0.899. The van der Waals surface area contributed by atoms with E-state index < -0.39 is 11.6 Å². The molecule has 0 amide bonds. The molecule has 2 rings (SSSR count). The van der Waals surface area contributed by atoms with E-state index in [4.69, 9.17) is 11.6 Å². The van der Waals surface area contributed by atoms with Crippen molar-refractivity contribution in [3.63, 3.8) is 0 Å². The first-order valence-electron chi connectivity index (χ1n) is 7.14. The van der Waals surface area contributed by atoms with Gasteiger partial charge in [0.1, 0.15) is 5.82 Å². The molecule has 0 radical (unpaired) electrons. The lowest BCUT2D eigenvalue weighted by Gasteiger charge is -2.36. The van der Waals surface area contributed by atoms with E-state index in [2.05, 4.69) is 17.1 Å². The molecule has 20 heavy (non-hydrogen) atoms. The molecule has 0 aromatic heterocycles. The first-order chi connectivity index (χ1) is 9.51. The number of halogens is 3. The van der Waals surface area contributed by atoms with Crippen molar-refractivity contribution >= 4 is 17.3 Å². The predicted molar refractivity (Wildman–Crippen MR) is 79.3 cm³/mol. The van der Waals surface area contributed by atoms with Gasteiger partial charge in [0, 0.05) is 18.7 Å². The van der Waals surface area contributed by atoms with E-state index in [9.17, 15) is 8.78 Å². The van der Waals surface area contributed by atoms with Crippen LogP contribution in [-0.4, -0.2) is 30.6 Å². The first-order valence-corrected chi connectivity index (χ1v) is 7.52. The van der Waals surface area contributed by atoms with Gasteiger partial charge in [-0.25, -0.2) is 8.78 Å². The Morgan fingerprint density at radius 3 is 2.85 bits per heavy atom. The van der Waals surface area contributed by atoms with Crippen LogP contribution in [0.25, 0.3) is 0 Å². The molecule has 1 N–H and O–H groups in total. The van der Waals surface area contributed by atoms with Crippen molar-refractivity contribution in [3.8, 4) is 0 Å². The largest absolute Gasteiger partial charge is 0.379 e. The minimum Gasteiger partial charge on any atom is -0.379 e. The van der Waals surface area contributed by atoms with Gasteiger partial charge in [0.15, 0.2) is 5.82 Å². The van der Waals surface area contributed by atoms with Gasteiger partial charge in [-0.3, -0.25) is 0 Å². The third-order valence-corrected chi connectivity index (χ3v) is 4.37. The lowest BCUT2D eigenvalue weighted by Crippen LogP contribution is -2.41. The standard InChI is InChI=1S/C15H21ClF2N2/c1-3-20-6-4-5-11(9-20)10(2)19-15-13(16)7-12(17)8-14(15)18/h7-8,10-11,19H,3-6,9H2,1-2H3. The molecule has 1 aromatic rings. The third-order valence-electron chi connectivity index (χ3n) is 4.08. The molecular weight excluding hydrogens is 282 g/mol. The number of rotatable bonds is 4. The van der Waals surface area contributed by atoms with E-state index in [1.807, 2.05) is 6.92 Å². The maximum Gasteiger partial charge on any atom is 0.150 e. The second kappa shape index (κ2) is 6.72. The Morgan fingerprint density at radius 2 is 2.20 bits per heavy atom. The number of hydrogen-bond donors (Lipinski definition) is 1. The molecule has 2 unspecified atom stereocenters. The molecule has 1 fully saturated rings. The fourth-order valence-electron chi connectivity index (χ4n) is 2.81. The van der Waals surface area contributed by atoms with Gasteiger partial charge in [-0.1, -0.05) is 18.5 Å². The van der Waals surface area contributed by atoms with Crippen LogP contribution in [0.3, 0.4) is 0 Å². The van der Waals surface area contributed by atoms with E-state index >= 15 is 0 Å². The summed E-state index contributed by atoms with van der Waals surface area (Å²) in [6.45, 7) is 7.35. The maximum absolute atomic E-state index is 13.8. The Bertz CT molecular complexity index is 444. The SMILES string of the molecule is CCN1CCCC(C(C)Nc2c(F)cc(F)cc2Cl)C1. The monoisotopic (exact) mass is 302 g/mol. The van der Waals surface area contributed by atoms with Gasteiger partial charge in [-0.05, 0) is 44.8 Å². The summed E-state index contributed by atoms with van der Waals surface area (Å²) in [6.07, 6.45) is 2.27. The topological polar surface area (TPSA) is 15.3 Å². The van der Waals surface area contributed by atoms with E-state index in [1.54, 1.807) is 0 Å². The van der Waals surface area contributed by atoms with E-state index in [-0.39, 0.29) is 16.8 Å². The number of benzene rings is 1. The molecule has 1 heterocycles. The van der Waals surface area contributed by atoms with Gasteiger partial charge in [0.05, 0.1) is 10.7 Å². The van der Waals surface area contributed by atoms with Crippen LogP contribution >= 0.6 is 11.6 Å². The normalized spacial score (nSPS) is 21.8. The van der Waals surface area contributed by atoms with Crippen molar-refractivity contribution in [1.82, 2.24) is 4.90 Å². The summed E-state index contributed by atoms with van der Waals surface area (Å²) in [5, 5.41) is 3.21. The Hall–Kier alpha value is -0.870. The minimum absolute atomic E-state index is 0.0949. The predicted octanol–water partition coefficient (Wildman–Crippen LogP) is 4.15. The maximum atomic E-state index is 13.8. The average Bonchev–Trinajstić information content (AvgIpc) is 2.42. The van der Waals surface area contributed by atoms with Crippen molar-refractivity contribution < 1.29 is 8.78 Å². The van der Waals surface area contributed by atoms with Gasteiger partial charge in [-0.15, -0.1) is 0 Å². The van der Waals surface area contributed by atoms with E-state index in [1.165, 1.54) is 0 Å². The Labute approximate surface area is 124 Å². The van der Waals surface area contributed by atoms with Gasteiger partial charge in [0.25, 0.3) is 0 Å². The van der Waals surface area contributed by atoms with Gasteiger partial charge < -0.3 is 10.2 Å². The lowest BCUT2D eigenvalue weighted by atomic mass is 9.91. The summed E-state index contributed by atoms with van der Waals surface area (Å²) >= 11 is 5.92. The molecule has 112 valence electrons. The summed E-state index contributed by atoms with van der Waals surface area (Å²) in [5.41, 5.74) is 0.203. The molecule has 1 aliphatic heterocycles. The molecule has 0 bridgehead atoms. The van der Waals surface area contributed by atoms with Crippen LogP contribution in [0.1, 0.15) is 26.7 Å². The van der Waals surface area contributed by atoms with Crippen LogP contribution in [0.15, 0.2) is 12.1 Å². The summed E-state index contributed by atoms with van der Waals surface area (Å²) in [6, 6.07) is 2.10. The van der Waals surface area contributed by atoms with E-state index in [0.717, 1.165) is 44.6 Å². The van der Waals surface area contributed by atoms with Crippen molar-refractivity contribution in [3.05, 3.63) is 28.8 Å². The molecule has 0 aliphatic carbocycles. The van der Waals surface area contributed by atoms with Gasteiger partial charge in [0.2, 0.25) is 0 Å². The molecule has 1 aliphatic rings. The van der Waals surface area contributed by atoms with Crippen LogP contribution in [0.4, 0.5) is 14.5 Å². The Kier molecular flexibility index (Phi) is 5.22. The molecule has 5 heteroatoms. The lowest BCUT2D eigenvalue weighted by molar-refractivity contribution is 0.172. The molecule has 0 saturated carbocycles. The summed E-state index contributed by atoms with van der Waals surface area (Å²) in [5.74, 6) is -0.838. The van der Waals surface area contributed by atoms with E-state index in [0.29, 0.717) is 5.92 Å². The van der Waals surface area contributed by atoms with Crippen LogP contribution in [0, 0.1) is 17.6 Å². The van der Waals surface area contributed by atoms with Crippen molar-refractivity contribution in [2.45, 2.75) is 32.7 Å². The van der Waals surface area contributed by atoms with Crippen molar-refractivity contribution in [2.75, 3.05) is 25.0 Å². The number of nitrogens with zero attached hydrogens (tertiary/aromatic N) is 1. The second-order valence-corrected chi connectivity index (χ2v) is 5.88. The molecular formula is C15H21ClF2N2. The van der Waals surface area contributed by atoms with Crippen LogP contribution < -0.4 is 5.32 Å². The summed E-state index contributed by atoms with van der Waals surface area (Å²) < 4.78 is 26.8.